The number of nitrogens with one attached hydrogen (secondary N) is 2. The molecule has 0 bridgehead atoms. The number of aromatic amines is 1. The van der Waals surface area contributed by atoms with E-state index in [1.165, 1.54) is 13.2 Å². The molecule has 1 amide bonds. The smallest absolute Gasteiger partial charge is 0.339 e. The van der Waals surface area contributed by atoms with Crippen molar-refractivity contribution in [2.45, 2.75) is 39.7 Å². The van der Waals surface area contributed by atoms with Gasteiger partial charge in [-0.25, -0.2) is 13.6 Å². The highest BCUT2D eigenvalue weighted by Gasteiger charge is 2.26. The van der Waals surface area contributed by atoms with Crippen LogP contribution in [-0.4, -0.2) is 24.0 Å². The van der Waals surface area contributed by atoms with Gasteiger partial charge in [0.2, 0.25) is 0 Å². The summed E-state index contributed by atoms with van der Waals surface area (Å²) in [5.41, 5.74) is 1.87. The van der Waals surface area contributed by atoms with E-state index >= 15 is 0 Å². The Morgan fingerprint density at radius 3 is 2.58 bits per heavy atom. The van der Waals surface area contributed by atoms with Crippen LogP contribution in [0.25, 0.3) is 0 Å². The maximum Gasteiger partial charge on any atom is 0.339 e. The monoisotopic (exact) mass is 364 g/mol. The Bertz CT molecular complexity index is 830. The number of rotatable bonds is 6. The predicted octanol–water partition coefficient (Wildman–Crippen LogP) is 3.83. The van der Waals surface area contributed by atoms with Crippen LogP contribution in [0.3, 0.4) is 0 Å². The van der Waals surface area contributed by atoms with Gasteiger partial charge in [-0.05, 0) is 31.9 Å². The number of carbonyl (C=O) groups is 2. The highest BCUT2D eigenvalue weighted by Crippen LogP contribution is 2.23. The zero-order valence-electron chi connectivity index (χ0n) is 15.2. The zero-order chi connectivity index (χ0) is 19.4. The normalized spacial score (nSPS) is 11.9. The molecule has 0 saturated heterocycles. The van der Waals surface area contributed by atoms with Crippen molar-refractivity contribution < 1.29 is 23.1 Å². The maximum atomic E-state index is 13.9. The van der Waals surface area contributed by atoms with E-state index in [0.717, 1.165) is 18.6 Å². The first-order valence-corrected chi connectivity index (χ1v) is 8.35. The number of aryl methyl sites for hydroxylation is 1. The molecule has 26 heavy (non-hydrogen) atoms. The van der Waals surface area contributed by atoms with E-state index in [1.807, 2.05) is 6.92 Å². The average Bonchev–Trinajstić information content (AvgIpc) is 2.90. The van der Waals surface area contributed by atoms with Gasteiger partial charge in [-0.15, -0.1) is 0 Å². The fourth-order valence-electron chi connectivity index (χ4n) is 2.95. The second kappa shape index (κ2) is 8.12. The van der Waals surface area contributed by atoms with Gasteiger partial charge in [0.1, 0.15) is 17.3 Å². The molecule has 0 aliphatic rings. The standard InChI is InChI=1S/C19H22F2N2O3/c1-5-6-14-16(19(25)26-4)11(3)22-17(14)18(24)23-10(2)13-8-7-12(20)9-15(13)21/h7-10,22H,5-6H2,1-4H3,(H,23,24). The first-order chi connectivity index (χ1) is 12.3. The molecule has 2 N–H and O–H groups in total. The molecule has 140 valence electrons. The fourth-order valence-corrected chi connectivity index (χ4v) is 2.95. The lowest BCUT2D eigenvalue weighted by atomic mass is 10.0. The third-order valence-electron chi connectivity index (χ3n) is 4.18. The molecule has 2 aromatic rings. The largest absolute Gasteiger partial charge is 0.465 e. The summed E-state index contributed by atoms with van der Waals surface area (Å²) in [6.07, 6.45) is 1.24. The minimum absolute atomic E-state index is 0.174. The Morgan fingerprint density at radius 1 is 1.31 bits per heavy atom. The summed E-state index contributed by atoms with van der Waals surface area (Å²) < 4.78 is 31.8. The van der Waals surface area contributed by atoms with Crippen LogP contribution < -0.4 is 5.32 Å². The molecule has 0 radical (unpaired) electrons. The molecule has 1 unspecified atom stereocenters. The molecule has 1 heterocycles. The first kappa shape index (κ1) is 19.6. The number of carbonyl (C=O) groups excluding carboxylic acids is 2. The average molecular weight is 364 g/mol. The van der Waals surface area contributed by atoms with Crippen molar-refractivity contribution in [2.75, 3.05) is 7.11 Å². The van der Waals surface area contributed by atoms with Crippen molar-refractivity contribution in [3.05, 3.63) is 57.9 Å². The molecule has 1 atom stereocenters. The van der Waals surface area contributed by atoms with Gasteiger partial charge >= 0.3 is 5.97 Å². The maximum absolute atomic E-state index is 13.9. The summed E-state index contributed by atoms with van der Waals surface area (Å²) >= 11 is 0. The lowest BCUT2D eigenvalue weighted by Crippen LogP contribution is -2.28. The quantitative estimate of drug-likeness (QED) is 0.765. The van der Waals surface area contributed by atoms with E-state index in [4.69, 9.17) is 4.74 Å². The van der Waals surface area contributed by atoms with Crippen LogP contribution in [0.15, 0.2) is 18.2 Å². The Morgan fingerprint density at radius 2 is 2.00 bits per heavy atom. The van der Waals surface area contributed by atoms with Crippen molar-refractivity contribution in [1.82, 2.24) is 10.3 Å². The van der Waals surface area contributed by atoms with E-state index in [9.17, 15) is 18.4 Å². The summed E-state index contributed by atoms with van der Waals surface area (Å²) in [5.74, 6) is -2.40. The molecule has 1 aromatic carbocycles. The van der Waals surface area contributed by atoms with Crippen LogP contribution in [0.2, 0.25) is 0 Å². The summed E-state index contributed by atoms with van der Waals surface area (Å²) in [4.78, 5) is 27.6. The molecule has 5 nitrogen and oxygen atoms in total. The lowest BCUT2D eigenvalue weighted by molar-refractivity contribution is 0.0599. The second-order valence-corrected chi connectivity index (χ2v) is 6.08. The third kappa shape index (κ3) is 3.92. The fraction of sp³-hybridized carbons (Fsp3) is 0.368. The number of halogens is 2. The number of aromatic nitrogens is 1. The van der Waals surface area contributed by atoms with Crippen LogP contribution in [0.5, 0.6) is 0 Å². The Hall–Kier alpha value is -2.70. The van der Waals surface area contributed by atoms with Gasteiger partial charge in [-0.1, -0.05) is 19.4 Å². The van der Waals surface area contributed by atoms with Crippen molar-refractivity contribution in [2.24, 2.45) is 0 Å². The SMILES string of the molecule is CCCc1c(C(=O)NC(C)c2ccc(F)cc2F)[nH]c(C)c1C(=O)OC. The number of esters is 1. The van der Waals surface area contributed by atoms with Crippen LogP contribution in [0.1, 0.15) is 64.0 Å². The molecule has 0 spiro atoms. The summed E-state index contributed by atoms with van der Waals surface area (Å²) in [7, 11) is 1.28. The van der Waals surface area contributed by atoms with E-state index < -0.39 is 29.6 Å². The molecule has 0 fully saturated rings. The molecule has 0 aliphatic heterocycles. The van der Waals surface area contributed by atoms with Crippen LogP contribution in [0, 0.1) is 18.6 Å². The first-order valence-electron chi connectivity index (χ1n) is 8.35. The number of ether oxygens (including phenoxy) is 1. The van der Waals surface area contributed by atoms with Gasteiger partial charge in [-0.2, -0.15) is 0 Å². The summed E-state index contributed by atoms with van der Waals surface area (Å²) in [6.45, 7) is 5.22. The van der Waals surface area contributed by atoms with Gasteiger partial charge in [0.15, 0.2) is 0 Å². The van der Waals surface area contributed by atoms with Gasteiger partial charge in [0.05, 0.1) is 18.7 Å². The highest BCUT2D eigenvalue weighted by molar-refractivity contribution is 6.00. The topological polar surface area (TPSA) is 71.2 Å². The number of benzene rings is 1. The van der Waals surface area contributed by atoms with E-state index in [2.05, 4.69) is 10.3 Å². The van der Waals surface area contributed by atoms with Crippen molar-refractivity contribution in [3.8, 4) is 0 Å². The molecule has 2 rings (SSSR count). The van der Waals surface area contributed by atoms with Crippen molar-refractivity contribution in [3.63, 3.8) is 0 Å². The molecular formula is C19H22F2N2O3. The molecule has 0 saturated carbocycles. The van der Waals surface area contributed by atoms with E-state index in [0.29, 0.717) is 23.2 Å². The van der Waals surface area contributed by atoms with Crippen LogP contribution >= 0.6 is 0 Å². The Labute approximate surface area is 150 Å². The number of H-pyrrole nitrogens is 1. The molecule has 0 aliphatic carbocycles. The lowest BCUT2D eigenvalue weighted by Gasteiger charge is -2.15. The van der Waals surface area contributed by atoms with Gasteiger partial charge in [-0.3, -0.25) is 4.79 Å². The second-order valence-electron chi connectivity index (χ2n) is 6.08. The number of methoxy groups -OCH3 is 1. The predicted molar refractivity (Wildman–Crippen MR) is 93.1 cm³/mol. The summed E-state index contributed by atoms with van der Waals surface area (Å²) in [5, 5.41) is 2.68. The number of amides is 1. The van der Waals surface area contributed by atoms with E-state index in [-0.39, 0.29) is 11.3 Å². The molecule has 7 heteroatoms. The summed E-state index contributed by atoms with van der Waals surface area (Å²) in [6, 6.07) is 2.53. The minimum atomic E-state index is -0.732. The minimum Gasteiger partial charge on any atom is -0.465 e. The zero-order valence-corrected chi connectivity index (χ0v) is 15.2. The van der Waals surface area contributed by atoms with Crippen molar-refractivity contribution in [1.29, 1.82) is 0 Å². The van der Waals surface area contributed by atoms with Crippen LogP contribution in [-0.2, 0) is 11.2 Å². The van der Waals surface area contributed by atoms with Gasteiger partial charge in [0.25, 0.3) is 5.91 Å². The van der Waals surface area contributed by atoms with Crippen molar-refractivity contribution >= 4 is 11.9 Å². The number of hydrogen-bond acceptors (Lipinski definition) is 3. The Balaban J connectivity index is 2.33. The Kier molecular flexibility index (Phi) is 6.13. The molecule has 1 aromatic heterocycles. The van der Waals surface area contributed by atoms with Gasteiger partial charge in [0, 0.05) is 17.3 Å². The van der Waals surface area contributed by atoms with Crippen LogP contribution in [0.4, 0.5) is 8.78 Å². The number of hydrogen-bond donors (Lipinski definition) is 2. The highest BCUT2D eigenvalue weighted by atomic mass is 19.1. The third-order valence-corrected chi connectivity index (χ3v) is 4.18. The van der Waals surface area contributed by atoms with Gasteiger partial charge < -0.3 is 15.0 Å². The van der Waals surface area contributed by atoms with E-state index in [1.54, 1.807) is 13.8 Å². The molecular weight excluding hydrogens is 342 g/mol.